The fourth-order valence-electron chi connectivity index (χ4n) is 4.50. The van der Waals surface area contributed by atoms with Crippen molar-refractivity contribution in [1.82, 2.24) is 0 Å². The maximum Gasteiger partial charge on any atom is 4.00 e. The molecule has 0 atom stereocenters. The predicted molar refractivity (Wildman–Crippen MR) is 200 cm³/mol. The van der Waals surface area contributed by atoms with E-state index >= 15 is 0 Å². The standard InChI is InChI=1S/2C18H35.2C3H7O.Ti/c2*1-3-5-7-9-11-13-15-17-18-16-14-12-10-8-6-4-2;2*1-3(2)4;/h2*17-18H,1,3-16H2,2H3;2*3H,1-2H3;/q4*-1;+4. The summed E-state index contributed by atoms with van der Waals surface area (Å²) in [6.07, 6.45) is 46.9. The topological polar surface area (TPSA) is 46.1 Å². The molecular formula is C42H84O2Ti. The van der Waals surface area contributed by atoms with Crippen molar-refractivity contribution >= 4 is 0 Å². The van der Waals surface area contributed by atoms with Crippen LogP contribution in [0.15, 0.2) is 24.3 Å². The van der Waals surface area contributed by atoms with Crippen LogP contribution in [0.4, 0.5) is 0 Å². The van der Waals surface area contributed by atoms with E-state index in [0.29, 0.717) is 0 Å². The Labute approximate surface area is 302 Å². The van der Waals surface area contributed by atoms with Crippen molar-refractivity contribution in [1.29, 1.82) is 0 Å². The summed E-state index contributed by atoms with van der Waals surface area (Å²) in [7, 11) is 0. The van der Waals surface area contributed by atoms with Gasteiger partial charge in [-0.2, -0.15) is 12.8 Å². The Morgan fingerprint density at radius 3 is 0.756 bits per heavy atom. The number of hydrogen-bond acceptors (Lipinski definition) is 2. The smallest absolute Gasteiger partial charge is 0.852 e. The first-order chi connectivity index (χ1) is 21.3. The van der Waals surface area contributed by atoms with Crippen molar-refractivity contribution in [3.05, 3.63) is 38.2 Å². The molecule has 0 radical (unpaired) electrons. The normalized spacial score (nSPS) is 10.8. The summed E-state index contributed by atoms with van der Waals surface area (Å²) in [5, 5.41) is 19.1. The molecule has 0 fully saturated rings. The van der Waals surface area contributed by atoms with E-state index < -0.39 is 12.2 Å². The van der Waals surface area contributed by atoms with Crippen LogP contribution in [0.1, 0.15) is 221 Å². The van der Waals surface area contributed by atoms with Gasteiger partial charge in [-0.3, -0.25) is 0 Å². The zero-order valence-corrected chi connectivity index (χ0v) is 33.6. The summed E-state index contributed by atoms with van der Waals surface area (Å²) < 4.78 is 0. The number of allylic oxidation sites excluding steroid dienone is 4. The zero-order valence-electron chi connectivity index (χ0n) is 32.0. The van der Waals surface area contributed by atoms with Crippen molar-refractivity contribution in [2.45, 2.75) is 234 Å². The molecule has 45 heavy (non-hydrogen) atoms. The minimum atomic E-state index is -0.417. The maximum atomic E-state index is 9.53. The first kappa shape index (κ1) is 54.6. The minimum Gasteiger partial charge on any atom is -0.852 e. The predicted octanol–water partition coefficient (Wildman–Crippen LogP) is 13.2. The Hall–Kier alpha value is 0.114. The van der Waals surface area contributed by atoms with Crippen LogP contribution in [0.2, 0.25) is 0 Å². The molecule has 0 N–H and O–H groups in total. The second-order valence-electron chi connectivity index (χ2n) is 13.0. The van der Waals surface area contributed by atoms with Gasteiger partial charge in [-0.15, -0.1) is 12.2 Å². The van der Waals surface area contributed by atoms with E-state index in [1.807, 2.05) is 0 Å². The van der Waals surface area contributed by atoms with Crippen LogP contribution >= 0.6 is 0 Å². The van der Waals surface area contributed by atoms with Crippen LogP contribution in [-0.4, -0.2) is 12.2 Å². The number of unbranched alkanes of at least 4 members (excludes halogenated alkanes) is 24. The molecule has 0 spiro atoms. The summed E-state index contributed by atoms with van der Waals surface area (Å²) in [5.74, 6) is 0. The van der Waals surface area contributed by atoms with Gasteiger partial charge >= 0.3 is 21.7 Å². The van der Waals surface area contributed by atoms with Crippen LogP contribution in [0.5, 0.6) is 0 Å². The summed E-state index contributed by atoms with van der Waals surface area (Å²) in [5.41, 5.74) is 0. The molecule has 0 aromatic heterocycles. The van der Waals surface area contributed by atoms with Crippen molar-refractivity contribution in [3.8, 4) is 0 Å². The maximum absolute atomic E-state index is 9.53. The summed E-state index contributed by atoms with van der Waals surface area (Å²) in [4.78, 5) is 0. The Balaban J connectivity index is -0.000000187. The Morgan fingerprint density at radius 2 is 0.556 bits per heavy atom. The third kappa shape index (κ3) is 86.3. The number of hydrogen-bond donors (Lipinski definition) is 0. The Kier molecular flexibility index (Phi) is 68.4. The molecule has 0 unspecified atom stereocenters. The molecular weight excluding hydrogens is 584 g/mol. The SMILES string of the molecule is CC(C)[O-].CC(C)[O-].[CH2-]CCCCCCCC=CCCCCCCCC.[CH2-]CCCCCCCC=CCCCCCCCC.[Ti+4]. The summed E-state index contributed by atoms with van der Waals surface area (Å²) in [6.45, 7) is 18.8. The molecule has 0 saturated heterocycles. The molecule has 0 aliphatic rings. The van der Waals surface area contributed by atoms with E-state index in [2.05, 4.69) is 52.0 Å². The second-order valence-corrected chi connectivity index (χ2v) is 13.0. The van der Waals surface area contributed by atoms with Gasteiger partial charge in [0, 0.05) is 0 Å². The monoisotopic (exact) mass is 669 g/mol. The molecule has 0 saturated carbocycles. The van der Waals surface area contributed by atoms with Gasteiger partial charge in [0.05, 0.1) is 0 Å². The van der Waals surface area contributed by atoms with Crippen LogP contribution in [0.25, 0.3) is 0 Å². The van der Waals surface area contributed by atoms with Crippen molar-refractivity contribution in [3.63, 3.8) is 0 Å². The largest absolute Gasteiger partial charge is 4.00 e. The quantitative estimate of drug-likeness (QED) is 0.0360. The van der Waals surface area contributed by atoms with E-state index in [0.717, 1.165) is 12.8 Å². The van der Waals surface area contributed by atoms with Gasteiger partial charge in [0.1, 0.15) is 0 Å². The van der Waals surface area contributed by atoms with Crippen LogP contribution < -0.4 is 10.2 Å². The summed E-state index contributed by atoms with van der Waals surface area (Å²) >= 11 is 0. The molecule has 0 bridgehead atoms. The van der Waals surface area contributed by atoms with Crippen LogP contribution in [-0.2, 0) is 21.7 Å². The van der Waals surface area contributed by atoms with Gasteiger partial charge in [-0.25, -0.2) is 0 Å². The third-order valence-electron chi connectivity index (χ3n) is 7.02. The van der Waals surface area contributed by atoms with Crippen molar-refractivity contribution in [2.75, 3.05) is 0 Å². The van der Waals surface area contributed by atoms with Crippen LogP contribution in [0, 0.1) is 13.8 Å². The molecule has 0 aliphatic carbocycles. The van der Waals surface area contributed by atoms with E-state index in [4.69, 9.17) is 0 Å². The zero-order chi connectivity index (χ0) is 33.8. The fraction of sp³-hybridized carbons (Fsp3) is 0.857. The molecule has 268 valence electrons. The molecule has 0 aromatic rings. The third-order valence-corrected chi connectivity index (χ3v) is 7.02. The van der Waals surface area contributed by atoms with Gasteiger partial charge in [0.2, 0.25) is 0 Å². The molecule has 0 heterocycles. The van der Waals surface area contributed by atoms with Gasteiger partial charge in [-0.05, 0) is 51.4 Å². The minimum absolute atomic E-state index is 0. The van der Waals surface area contributed by atoms with Crippen molar-refractivity contribution in [2.24, 2.45) is 0 Å². The molecule has 3 heteroatoms. The van der Waals surface area contributed by atoms with Gasteiger partial charge in [0.25, 0.3) is 0 Å². The summed E-state index contributed by atoms with van der Waals surface area (Å²) in [6, 6.07) is 0. The molecule has 2 nitrogen and oxygen atoms in total. The first-order valence-electron chi connectivity index (χ1n) is 19.5. The molecule has 0 rings (SSSR count). The Morgan fingerprint density at radius 1 is 0.378 bits per heavy atom. The fourth-order valence-corrected chi connectivity index (χ4v) is 4.50. The molecule has 0 amide bonds. The Bertz CT molecular complexity index is 402. The average molecular weight is 669 g/mol. The molecule has 0 aliphatic heterocycles. The second kappa shape index (κ2) is 56.4. The van der Waals surface area contributed by atoms with Crippen molar-refractivity contribution < 1.29 is 31.9 Å². The first-order valence-corrected chi connectivity index (χ1v) is 19.5. The van der Waals surface area contributed by atoms with E-state index in [-0.39, 0.29) is 21.7 Å². The average Bonchev–Trinajstić information content (AvgIpc) is 2.97. The van der Waals surface area contributed by atoms with E-state index in [9.17, 15) is 10.2 Å². The molecule has 0 aromatic carbocycles. The van der Waals surface area contributed by atoms with Gasteiger partial charge < -0.3 is 24.1 Å². The van der Waals surface area contributed by atoms with Gasteiger partial charge in [-0.1, -0.05) is 181 Å². The van der Waals surface area contributed by atoms with E-state index in [1.165, 1.54) is 167 Å². The van der Waals surface area contributed by atoms with Gasteiger partial charge in [0.15, 0.2) is 0 Å². The van der Waals surface area contributed by atoms with E-state index in [1.54, 1.807) is 27.7 Å². The van der Waals surface area contributed by atoms with Crippen LogP contribution in [0.3, 0.4) is 0 Å². The number of rotatable bonds is 28.